The van der Waals surface area contributed by atoms with Crippen molar-refractivity contribution in [1.29, 1.82) is 0 Å². The van der Waals surface area contributed by atoms with Gasteiger partial charge in [0.05, 0.1) is 0 Å². The summed E-state index contributed by atoms with van der Waals surface area (Å²) in [4.78, 5) is 38.7. The van der Waals surface area contributed by atoms with Crippen molar-refractivity contribution in [3.63, 3.8) is 0 Å². The largest absolute Gasteiger partial charge is 0.444 e. The number of amides is 1. The van der Waals surface area contributed by atoms with E-state index in [2.05, 4.69) is 5.32 Å². The van der Waals surface area contributed by atoms with E-state index >= 15 is 0 Å². The van der Waals surface area contributed by atoms with Crippen molar-refractivity contribution in [1.82, 2.24) is 5.32 Å². The van der Waals surface area contributed by atoms with Gasteiger partial charge in [-0.1, -0.05) is 60.7 Å². The minimum absolute atomic E-state index is 0.229. The number of hydrogen-bond acceptors (Lipinski definition) is 6. The van der Waals surface area contributed by atoms with Crippen molar-refractivity contribution < 1.29 is 23.5 Å². The SMILES string of the molecule is Cc1c(Cc2ccccc2)c(=O)oc2c(C)c(OC(=O)C(NC(=O)OC(C)(C)C)c3ccccc3)ccc12. The number of hydrogen-bond donors (Lipinski definition) is 1. The van der Waals surface area contributed by atoms with Gasteiger partial charge in [-0.3, -0.25) is 0 Å². The number of nitrogens with one attached hydrogen (secondary N) is 1. The lowest BCUT2D eigenvalue weighted by Gasteiger charge is -2.23. The molecule has 38 heavy (non-hydrogen) atoms. The van der Waals surface area contributed by atoms with Crippen LogP contribution >= 0.6 is 0 Å². The predicted molar refractivity (Wildman–Crippen MR) is 145 cm³/mol. The lowest BCUT2D eigenvalue weighted by molar-refractivity contribution is -0.137. The Bertz CT molecular complexity index is 1520. The number of alkyl carbamates (subject to hydrolysis) is 1. The molecule has 1 unspecified atom stereocenters. The first-order valence-corrected chi connectivity index (χ1v) is 12.4. The molecule has 0 aliphatic rings. The molecule has 0 aliphatic carbocycles. The van der Waals surface area contributed by atoms with E-state index in [1.807, 2.05) is 43.3 Å². The topological polar surface area (TPSA) is 94.8 Å². The van der Waals surface area contributed by atoms with Gasteiger partial charge in [0, 0.05) is 22.9 Å². The second-order valence-corrected chi connectivity index (χ2v) is 10.1. The molecule has 0 saturated carbocycles. The van der Waals surface area contributed by atoms with Crippen molar-refractivity contribution in [3.8, 4) is 5.75 Å². The Kier molecular flexibility index (Phi) is 7.67. The van der Waals surface area contributed by atoms with Crippen LogP contribution in [0.5, 0.6) is 5.75 Å². The van der Waals surface area contributed by atoms with Gasteiger partial charge in [0.2, 0.25) is 0 Å². The number of rotatable bonds is 6. The summed E-state index contributed by atoms with van der Waals surface area (Å²) >= 11 is 0. The van der Waals surface area contributed by atoms with Crippen molar-refractivity contribution in [2.24, 2.45) is 0 Å². The standard InChI is InChI=1S/C31H31NO6/c1-19-23-16-17-25(20(2)27(23)37-28(33)24(19)18-21-12-8-6-9-13-21)36-29(34)26(22-14-10-7-11-15-22)32-30(35)38-31(3,4)5/h6-17,26H,18H2,1-5H3,(H,32,35). The minimum Gasteiger partial charge on any atom is -0.444 e. The lowest BCUT2D eigenvalue weighted by atomic mass is 9.98. The number of esters is 1. The fraction of sp³-hybridized carbons (Fsp3) is 0.258. The summed E-state index contributed by atoms with van der Waals surface area (Å²) in [5.41, 5.74) is 2.63. The van der Waals surface area contributed by atoms with Crippen LogP contribution in [-0.2, 0) is 16.0 Å². The summed E-state index contributed by atoms with van der Waals surface area (Å²) in [6, 6.07) is 20.8. The number of benzene rings is 3. The molecular weight excluding hydrogens is 482 g/mol. The molecule has 4 rings (SSSR count). The number of fused-ring (bicyclic) bond motifs is 1. The van der Waals surface area contributed by atoms with E-state index in [0.29, 0.717) is 28.7 Å². The molecule has 196 valence electrons. The Labute approximate surface area is 221 Å². The fourth-order valence-electron chi connectivity index (χ4n) is 4.20. The average molecular weight is 514 g/mol. The first-order valence-electron chi connectivity index (χ1n) is 12.4. The monoisotopic (exact) mass is 513 g/mol. The van der Waals surface area contributed by atoms with E-state index in [1.54, 1.807) is 64.1 Å². The van der Waals surface area contributed by atoms with Crippen LogP contribution in [0.25, 0.3) is 11.0 Å². The Hall–Kier alpha value is -4.39. The van der Waals surface area contributed by atoms with E-state index in [1.165, 1.54) is 0 Å². The second-order valence-electron chi connectivity index (χ2n) is 10.1. The summed E-state index contributed by atoms with van der Waals surface area (Å²) in [6.45, 7) is 8.83. The molecule has 1 aromatic heterocycles. The van der Waals surface area contributed by atoms with Crippen LogP contribution in [0.15, 0.2) is 82.0 Å². The average Bonchev–Trinajstić information content (AvgIpc) is 2.87. The van der Waals surface area contributed by atoms with Crippen molar-refractivity contribution in [2.45, 2.75) is 52.7 Å². The van der Waals surface area contributed by atoms with Crippen LogP contribution in [0.4, 0.5) is 4.79 Å². The van der Waals surface area contributed by atoms with Crippen LogP contribution in [0.2, 0.25) is 0 Å². The van der Waals surface area contributed by atoms with Crippen molar-refractivity contribution >= 4 is 23.0 Å². The first kappa shape index (κ1) is 26.7. The Morgan fingerprint density at radius 2 is 1.53 bits per heavy atom. The maximum atomic E-state index is 13.3. The van der Waals surface area contributed by atoms with Gasteiger partial charge in [0.25, 0.3) is 0 Å². The smallest absolute Gasteiger partial charge is 0.408 e. The molecule has 0 spiro atoms. The normalized spacial score (nSPS) is 12.1. The molecule has 0 aliphatic heterocycles. The van der Waals surface area contributed by atoms with Gasteiger partial charge in [-0.25, -0.2) is 14.4 Å². The van der Waals surface area contributed by atoms with Gasteiger partial charge >= 0.3 is 17.7 Å². The summed E-state index contributed by atoms with van der Waals surface area (Å²) in [5.74, 6) is -0.475. The van der Waals surface area contributed by atoms with Crippen LogP contribution in [0, 0.1) is 13.8 Å². The highest BCUT2D eigenvalue weighted by Crippen LogP contribution is 2.31. The van der Waals surface area contributed by atoms with Gasteiger partial charge in [-0.2, -0.15) is 0 Å². The second kappa shape index (κ2) is 10.9. The molecule has 7 nitrogen and oxygen atoms in total. The van der Waals surface area contributed by atoms with Gasteiger partial charge in [0.1, 0.15) is 16.9 Å². The number of ether oxygens (including phenoxy) is 2. The first-order chi connectivity index (χ1) is 18.0. The summed E-state index contributed by atoms with van der Waals surface area (Å²) in [6.07, 6.45) is -0.290. The third-order valence-corrected chi connectivity index (χ3v) is 6.12. The third kappa shape index (κ3) is 6.11. The van der Waals surface area contributed by atoms with E-state index in [0.717, 1.165) is 16.5 Å². The molecule has 1 atom stereocenters. The number of carbonyl (C=O) groups is 2. The number of aryl methyl sites for hydroxylation is 2. The van der Waals surface area contributed by atoms with E-state index in [4.69, 9.17) is 13.9 Å². The molecule has 0 saturated heterocycles. The van der Waals surface area contributed by atoms with E-state index < -0.39 is 29.3 Å². The Morgan fingerprint density at radius 3 is 2.16 bits per heavy atom. The molecule has 7 heteroatoms. The van der Waals surface area contributed by atoms with Crippen LogP contribution in [-0.4, -0.2) is 17.7 Å². The van der Waals surface area contributed by atoms with Gasteiger partial charge in [-0.15, -0.1) is 0 Å². The van der Waals surface area contributed by atoms with E-state index in [-0.39, 0.29) is 5.75 Å². The fourth-order valence-corrected chi connectivity index (χ4v) is 4.20. The zero-order chi connectivity index (χ0) is 27.4. The quantitative estimate of drug-likeness (QED) is 0.188. The Balaban J connectivity index is 1.64. The lowest BCUT2D eigenvalue weighted by Crippen LogP contribution is -2.39. The molecule has 0 bridgehead atoms. The molecule has 1 heterocycles. The van der Waals surface area contributed by atoms with Crippen LogP contribution in [0.1, 0.15) is 54.6 Å². The van der Waals surface area contributed by atoms with Gasteiger partial charge in [0.15, 0.2) is 6.04 Å². The maximum Gasteiger partial charge on any atom is 0.408 e. The summed E-state index contributed by atoms with van der Waals surface area (Å²) in [7, 11) is 0. The van der Waals surface area contributed by atoms with Crippen molar-refractivity contribution in [3.05, 3.63) is 111 Å². The highest BCUT2D eigenvalue weighted by atomic mass is 16.6. The maximum absolute atomic E-state index is 13.3. The molecular formula is C31H31NO6. The van der Waals surface area contributed by atoms with Crippen LogP contribution < -0.4 is 15.7 Å². The predicted octanol–water partition coefficient (Wildman–Crippen LogP) is 6.17. The minimum atomic E-state index is -1.11. The molecule has 0 radical (unpaired) electrons. The zero-order valence-electron chi connectivity index (χ0n) is 22.2. The highest BCUT2D eigenvalue weighted by molar-refractivity contribution is 5.88. The number of carbonyl (C=O) groups excluding carboxylic acids is 2. The van der Waals surface area contributed by atoms with Gasteiger partial charge in [-0.05, 0) is 63.4 Å². The zero-order valence-corrected chi connectivity index (χ0v) is 22.2. The van der Waals surface area contributed by atoms with E-state index in [9.17, 15) is 14.4 Å². The highest BCUT2D eigenvalue weighted by Gasteiger charge is 2.28. The summed E-state index contributed by atoms with van der Waals surface area (Å²) in [5, 5.41) is 3.37. The van der Waals surface area contributed by atoms with Crippen LogP contribution in [0.3, 0.4) is 0 Å². The molecule has 0 fully saturated rings. The summed E-state index contributed by atoms with van der Waals surface area (Å²) < 4.78 is 16.8. The molecule has 1 N–H and O–H groups in total. The molecule has 1 amide bonds. The van der Waals surface area contributed by atoms with Crippen molar-refractivity contribution in [2.75, 3.05) is 0 Å². The molecule has 4 aromatic rings. The Morgan fingerprint density at radius 1 is 0.895 bits per heavy atom. The third-order valence-electron chi connectivity index (χ3n) is 6.12. The van der Waals surface area contributed by atoms with Gasteiger partial charge < -0.3 is 19.2 Å². The molecule has 3 aromatic carbocycles.